The Morgan fingerprint density at radius 3 is 2.35 bits per heavy atom. The molecule has 2 aliphatic heterocycles. The molecule has 2 heterocycles. The van der Waals surface area contributed by atoms with Crippen molar-refractivity contribution in [2.75, 3.05) is 33.2 Å². The first-order valence-electron chi connectivity index (χ1n) is 9.04. The number of hydrogen-bond acceptors (Lipinski definition) is 3. The van der Waals surface area contributed by atoms with Crippen LogP contribution in [-0.2, 0) is 0 Å². The molecule has 0 bridgehead atoms. The van der Waals surface area contributed by atoms with E-state index in [0.29, 0.717) is 0 Å². The van der Waals surface area contributed by atoms with Crippen LogP contribution in [0.25, 0.3) is 0 Å². The maximum atomic E-state index is 3.64. The zero-order valence-corrected chi connectivity index (χ0v) is 13.3. The zero-order chi connectivity index (χ0) is 13.8. The van der Waals surface area contributed by atoms with Gasteiger partial charge in [0.2, 0.25) is 0 Å². The highest BCUT2D eigenvalue weighted by Crippen LogP contribution is 2.27. The fraction of sp³-hybridized carbons (Fsp3) is 1.00. The molecule has 116 valence electrons. The summed E-state index contributed by atoms with van der Waals surface area (Å²) in [4.78, 5) is 5.61. The first kappa shape index (κ1) is 14.8. The van der Waals surface area contributed by atoms with E-state index in [1.807, 2.05) is 0 Å². The molecule has 0 spiro atoms. The summed E-state index contributed by atoms with van der Waals surface area (Å²) < 4.78 is 0. The molecule has 3 unspecified atom stereocenters. The maximum absolute atomic E-state index is 3.64. The van der Waals surface area contributed by atoms with Crippen LogP contribution < -0.4 is 5.32 Å². The Morgan fingerprint density at radius 2 is 1.50 bits per heavy atom. The van der Waals surface area contributed by atoms with Gasteiger partial charge in [-0.05, 0) is 39.3 Å². The van der Waals surface area contributed by atoms with Crippen LogP contribution in [0.5, 0.6) is 0 Å². The van der Waals surface area contributed by atoms with E-state index in [2.05, 4.69) is 22.2 Å². The van der Waals surface area contributed by atoms with Gasteiger partial charge < -0.3 is 5.32 Å². The van der Waals surface area contributed by atoms with E-state index >= 15 is 0 Å². The highest BCUT2D eigenvalue weighted by atomic mass is 15.3. The Morgan fingerprint density at radius 1 is 0.750 bits per heavy atom. The van der Waals surface area contributed by atoms with Gasteiger partial charge in [0.25, 0.3) is 0 Å². The summed E-state index contributed by atoms with van der Waals surface area (Å²) in [6, 6.07) is 2.38. The van der Waals surface area contributed by atoms with E-state index < -0.39 is 0 Å². The maximum Gasteiger partial charge on any atom is 0.0250 e. The van der Waals surface area contributed by atoms with Gasteiger partial charge in [-0.25, -0.2) is 0 Å². The standard InChI is InChI=1S/C17H33N3/c1-18-16-9-4-2-3-5-10-17(16)20-13-12-19-11-7-6-8-15(19)14-20/h15-18H,2-14H2,1H3. The van der Waals surface area contributed by atoms with Crippen molar-refractivity contribution in [3.63, 3.8) is 0 Å². The summed E-state index contributed by atoms with van der Waals surface area (Å²) in [5.41, 5.74) is 0. The van der Waals surface area contributed by atoms with Crippen LogP contribution in [0.4, 0.5) is 0 Å². The molecule has 2 saturated heterocycles. The van der Waals surface area contributed by atoms with Crippen LogP contribution in [0.3, 0.4) is 0 Å². The minimum atomic E-state index is 0.727. The number of nitrogens with one attached hydrogen (secondary N) is 1. The number of piperazine rings is 1. The molecule has 3 aliphatic rings. The number of piperidine rings is 1. The van der Waals surface area contributed by atoms with Crippen molar-refractivity contribution in [1.29, 1.82) is 0 Å². The second-order valence-corrected chi connectivity index (χ2v) is 7.13. The summed E-state index contributed by atoms with van der Waals surface area (Å²) in [7, 11) is 2.18. The topological polar surface area (TPSA) is 18.5 Å². The first-order chi connectivity index (χ1) is 9.88. The Kier molecular flexibility index (Phi) is 5.36. The molecule has 3 nitrogen and oxygen atoms in total. The molecule has 20 heavy (non-hydrogen) atoms. The summed E-state index contributed by atoms with van der Waals surface area (Å²) in [6.45, 7) is 5.32. The molecule has 3 heteroatoms. The van der Waals surface area contributed by atoms with Gasteiger partial charge in [-0.3, -0.25) is 9.80 Å². The molecule has 0 aromatic heterocycles. The number of rotatable bonds is 2. The van der Waals surface area contributed by atoms with Crippen molar-refractivity contribution in [2.24, 2.45) is 0 Å². The summed E-state index contributed by atoms with van der Waals surface area (Å²) >= 11 is 0. The van der Waals surface area contributed by atoms with Crippen molar-refractivity contribution in [3.05, 3.63) is 0 Å². The van der Waals surface area contributed by atoms with E-state index in [-0.39, 0.29) is 0 Å². The van der Waals surface area contributed by atoms with E-state index in [1.165, 1.54) is 84.0 Å². The van der Waals surface area contributed by atoms with Crippen molar-refractivity contribution in [2.45, 2.75) is 75.9 Å². The Balaban J connectivity index is 1.63. The van der Waals surface area contributed by atoms with Gasteiger partial charge in [0, 0.05) is 37.8 Å². The van der Waals surface area contributed by atoms with E-state index in [0.717, 1.165) is 18.1 Å². The molecule has 0 aromatic carbocycles. The lowest BCUT2D eigenvalue weighted by Gasteiger charge is -2.48. The number of fused-ring (bicyclic) bond motifs is 1. The monoisotopic (exact) mass is 279 g/mol. The highest BCUT2D eigenvalue weighted by molar-refractivity contribution is 4.92. The lowest BCUT2D eigenvalue weighted by Crippen LogP contribution is -2.60. The van der Waals surface area contributed by atoms with E-state index in [1.54, 1.807) is 0 Å². The van der Waals surface area contributed by atoms with Crippen LogP contribution in [0.2, 0.25) is 0 Å². The minimum Gasteiger partial charge on any atom is -0.315 e. The van der Waals surface area contributed by atoms with Crippen molar-refractivity contribution >= 4 is 0 Å². The van der Waals surface area contributed by atoms with Gasteiger partial charge in [-0.15, -0.1) is 0 Å². The number of hydrogen-bond donors (Lipinski definition) is 1. The third-order valence-electron chi connectivity index (χ3n) is 5.94. The SMILES string of the molecule is CNC1CCCCCCC1N1CCN2CCCCC2C1. The second kappa shape index (κ2) is 7.24. The smallest absolute Gasteiger partial charge is 0.0250 e. The highest BCUT2D eigenvalue weighted by Gasteiger charge is 2.34. The zero-order valence-electron chi connectivity index (χ0n) is 13.3. The van der Waals surface area contributed by atoms with Gasteiger partial charge in [-0.1, -0.05) is 32.1 Å². The third kappa shape index (κ3) is 3.37. The normalized spacial score (nSPS) is 38.0. The second-order valence-electron chi connectivity index (χ2n) is 7.13. The lowest BCUT2D eigenvalue weighted by molar-refractivity contribution is 0.0133. The van der Waals surface area contributed by atoms with Gasteiger partial charge in [0.15, 0.2) is 0 Å². The molecule has 1 aliphatic carbocycles. The molecule has 1 N–H and O–H groups in total. The van der Waals surface area contributed by atoms with Crippen LogP contribution in [-0.4, -0.2) is 61.2 Å². The molecule has 0 amide bonds. The summed E-state index contributed by atoms with van der Waals surface area (Å²) in [6.07, 6.45) is 12.9. The molecule has 0 aromatic rings. The number of nitrogens with zero attached hydrogens (tertiary/aromatic N) is 2. The molecular formula is C17H33N3. The number of likely N-dealkylation sites (N-methyl/N-ethyl adjacent to an activating group) is 1. The Bertz CT molecular complexity index is 294. The van der Waals surface area contributed by atoms with Crippen LogP contribution in [0, 0.1) is 0 Å². The molecule has 0 radical (unpaired) electrons. The lowest BCUT2D eigenvalue weighted by atomic mass is 9.89. The Hall–Kier alpha value is -0.120. The fourth-order valence-electron chi connectivity index (χ4n) is 4.72. The van der Waals surface area contributed by atoms with Crippen LogP contribution in [0.1, 0.15) is 57.8 Å². The van der Waals surface area contributed by atoms with Gasteiger partial charge in [-0.2, -0.15) is 0 Å². The average Bonchev–Trinajstić information content (AvgIpc) is 2.47. The van der Waals surface area contributed by atoms with Crippen LogP contribution in [0.15, 0.2) is 0 Å². The summed E-state index contributed by atoms with van der Waals surface area (Å²) in [5.74, 6) is 0. The van der Waals surface area contributed by atoms with Crippen molar-refractivity contribution < 1.29 is 0 Å². The largest absolute Gasteiger partial charge is 0.315 e. The van der Waals surface area contributed by atoms with E-state index in [9.17, 15) is 0 Å². The van der Waals surface area contributed by atoms with Gasteiger partial charge in [0.05, 0.1) is 0 Å². The van der Waals surface area contributed by atoms with Gasteiger partial charge >= 0.3 is 0 Å². The summed E-state index contributed by atoms with van der Waals surface area (Å²) in [5, 5.41) is 3.64. The molecule has 3 atom stereocenters. The molecular weight excluding hydrogens is 246 g/mol. The predicted molar refractivity (Wildman–Crippen MR) is 85.1 cm³/mol. The van der Waals surface area contributed by atoms with Crippen molar-refractivity contribution in [1.82, 2.24) is 15.1 Å². The van der Waals surface area contributed by atoms with Gasteiger partial charge in [0.1, 0.15) is 0 Å². The molecule has 1 saturated carbocycles. The van der Waals surface area contributed by atoms with E-state index in [4.69, 9.17) is 0 Å². The quantitative estimate of drug-likeness (QED) is 0.838. The fourth-order valence-corrected chi connectivity index (χ4v) is 4.72. The third-order valence-corrected chi connectivity index (χ3v) is 5.94. The Labute approximate surface area is 125 Å². The molecule has 3 rings (SSSR count). The minimum absolute atomic E-state index is 0.727. The molecule has 3 fully saturated rings. The first-order valence-corrected chi connectivity index (χ1v) is 9.04. The predicted octanol–water partition coefficient (Wildman–Crippen LogP) is 2.47. The average molecular weight is 279 g/mol. The van der Waals surface area contributed by atoms with Crippen LogP contribution >= 0.6 is 0 Å². The van der Waals surface area contributed by atoms with Crippen molar-refractivity contribution in [3.8, 4) is 0 Å².